The van der Waals surface area contributed by atoms with E-state index in [-0.39, 0.29) is 35.7 Å². The number of benzene rings is 1. The highest BCUT2D eigenvalue weighted by Gasteiger charge is 2.44. The molecule has 0 bridgehead atoms. The molecule has 2 saturated heterocycles. The molecule has 1 aromatic rings. The van der Waals surface area contributed by atoms with E-state index in [2.05, 4.69) is 10.2 Å². The molecule has 1 atom stereocenters. The van der Waals surface area contributed by atoms with Crippen molar-refractivity contribution in [2.45, 2.75) is 38.6 Å². The number of Topliss-reactive ketones (excluding diaryl/α,β-unsaturated/α-hetero) is 1. The second-order valence-electron chi connectivity index (χ2n) is 7.55. The highest BCUT2D eigenvalue weighted by Crippen LogP contribution is 2.32. The Kier molecular flexibility index (Phi) is 4.49. The number of piperidine rings is 2. The van der Waals surface area contributed by atoms with Gasteiger partial charge in [-0.3, -0.25) is 34.2 Å². The van der Waals surface area contributed by atoms with Crippen LogP contribution >= 0.6 is 0 Å². The SMILES string of the molecule is CC(=O)C1CCN(c2ccc3c(c2)C(=O)N(C2CCC(=O)NC2=O)C3=O)CC1. The minimum absolute atomic E-state index is 0.0805. The Labute approximate surface area is 161 Å². The summed E-state index contributed by atoms with van der Waals surface area (Å²) in [6.45, 7) is 3.04. The number of hydrogen-bond acceptors (Lipinski definition) is 6. The number of carbonyl (C=O) groups is 5. The number of anilines is 1. The summed E-state index contributed by atoms with van der Waals surface area (Å²) in [6.07, 6.45) is 1.77. The van der Waals surface area contributed by atoms with E-state index in [1.807, 2.05) is 0 Å². The number of amides is 4. The van der Waals surface area contributed by atoms with Crippen LogP contribution in [0, 0.1) is 5.92 Å². The molecule has 1 unspecified atom stereocenters. The molecule has 1 aromatic carbocycles. The van der Waals surface area contributed by atoms with Gasteiger partial charge in [-0.1, -0.05) is 0 Å². The van der Waals surface area contributed by atoms with Crippen LogP contribution in [0.25, 0.3) is 0 Å². The lowest BCUT2D eigenvalue weighted by atomic mass is 9.93. The first-order valence-electron chi connectivity index (χ1n) is 9.48. The van der Waals surface area contributed by atoms with E-state index < -0.39 is 29.7 Å². The van der Waals surface area contributed by atoms with Gasteiger partial charge >= 0.3 is 0 Å². The standard InChI is InChI=1S/C20H21N3O5/c1-11(24)12-6-8-22(9-7-12)13-2-3-14-15(10-13)20(28)23(19(14)27)16-4-5-17(25)21-18(16)26/h2-3,10,12,16H,4-9H2,1H3,(H,21,25,26). The fourth-order valence-electron chi connectivity index (χ4n) is 4.20. The number of ketones is 1. The molecule has 3 heterocycles. The Balaban J connectivity index is 1.55. The molecular formula is C20H21N3O5. The number of carbonyl (C=O) groups excluding carboxylic acids is 5. The Morgan fingerprint density at radius 3 is 2.32 bits per heavy atom. The number of hydrogen-bond donors (Lipinski definition) is 1. The van der Waals surface area contributed by atoms with Crippen LogP contribution in [0.15, 0.2) is 18.2 Å². The number of nitrogens with one attached hydrogen (secondary N) is 1. The topological polar surface area (TPSA) is 104 Å². The predicted molar refractivity (Wildman–Crippen MR) is 98.7 cm³/mol. The average molecular weight is 383 g/mol. The summed E-state index contributed by atoms with van der Waals surface area (Å²) < 4.78 is 0. The number of imide groups is 2. The van der Waals surface area contributed by atoms with Gasteiger partial charge in [-0.15, -0.1) is 0 Å². The lowest BCUT2D eigenvalue weighted by Gasteiger charge is -2.32. The molecule has 0 radical (unpaired) electrons. The summed E-state index contributed by atoms with van der Waals surface area (Å²) in [5, 5.41) is 2.19. The van der Waals surface area contributed by atoms with Crippen LogP contribution in [0.3, 0.4) is 0 Å². The molecule has 0 aromatic heterocycles. The average Bonchev–Trinajstić information content (AvgIpc) is 2.92. The van der Waals surface area contributed by atoms with Crippen molar-refractivity contribution < 1.29 is 24.0 Å². The van der Waals surface area contributed by atoms with Crippen molar-refractivity contribution in [3.63, 3.8) is 0 Å². The van der Waals surface area contributed by atoms with Crippen LogP contribution in [-0.4, -0.2) is 53.4 Å². The molecule has 8 heteroatoms. The second-order valence-corrected chi connectivity index (χ2v) is 7.55. The van der Waals surface area contributed by atoms with E-state index in [0.29, 0.717) is 13.1 Å². The normalized spacial score (nSPS) is 23.1. The zero-order chi connectivity index (χ0) is 20.0. The van der Waals surface area contributed by atoms with Crippen LogP contribution in [0.5, 0.6) is 0 Å². The molecule has 0 spiro atoms. The van der Waals surface area contributed by atoms with Gasteiger partial charge in [-0.05, 0) is 44.4 Å². The summed E-state index contributed by atoms with van der Waals surface area (Å²) in [7, 11) is 0. The van der Waals surface area contributed by atoms with Crippen LogP contribution in [0.4, 0.5) is 5.69 Å². The third-order valence-corrected chi connectivity index (χ3v) is 5.86. The van der Waals surface area contributed by atoms with Gasteiger partial charge in [-0.2, -0.15) is 0 Å². The molecule has 0 saturated carbocycles. The lowest BCUT2D eigenvalue weighted by Crippen LogP contribution is -2.54. The highest BCUT2D eigenvalue weighted by atomic mass is 16.2. The molecule has 1 N–H and O–H groups in total. The molecule has 4 rings (SSSR count). The first-order chi connectivity index (χ1) is 13.4. The van der Waals surface area contributed by atoms with Crippen LogP contribution < -0.4 is 10.2 Å². The van der Waals surface area contributed by atoms with E-state index >= 15 is 0 Å². The van der Waals surface area contributed by atoms with E-state index in [1.165, 1.54) is 0 Å². The highest BCUT2D eigenvalue weighted by molar-refractivity contribution is 6.23. The van der Waals surface area contributed by atoms with Gasteiger partial charge in [0.25, 0.3) is 11.8 Å². The van der Waals surface area contributed by atoms with Crippen LogP contribution in [-0.2, 0) is 14.4 Å². The molecule has 4 amide bonds. The van der Waals surface area contributed by atoms with E-state index in [0.717, 1.165) is 23.4 Å². The summed E-state index contributed by atoms with van der Waals surface area (Å²) in [5.74, 6) is -1.73. The van der Waals surface area contributed by atoms with E-state index in [9.17, 15) is 24.0 Å². The van der Waals surface area contributed by atoms with Crippen LogP contribution in [0.1, 0.15) is 53.3 Å². The minimum atomic E-state index is -0.958. The number of rotatable bonds is 3. The van der Waals surface area contributed by atoms with Crippen molar-refractivity contribution >= 4 is 35.1 Å². The zero-order valence-corrected chi connectivity index (χ0v) is 15.6. The third kappa shape index (κ3) is 2.98. The first kappa shape index (κ1) is 18.3. The van der Waals surface area contributed by atoms with Crippen molar-refractivity contribution in [2.24, 2.45) is 5.92 Å². The van der Waals surface area contributed by atoms with Crippen molar-refractivity contribution in [1.82, 2.24) is 10.2 Å². The maximum Gasteiger partial charge on any atom is 0.262 e. The van der Waals surface area contributed by atoms with Gasteiger partial charge in [0.05, 0.1) is 11.1 Å². The number of nitrogens with zero attached hydrogens (tertiary/aromatic N) is 2. The maximum atomic E-state index is 12.9. The van der Waals surface area contributed by atoms with Crippen molar-refractivity contribution in [3.05, 3.63) is 29.3 Å². The molecule has 0 aliphatic carbocycles. The Morgan fingerprint density at radius 2 is 1.68 bits per heavy atom. The fraction of sp³-hybridized carbons (Fsp3) is 0.450. The van der Waals surface area contributed by atoms with Crippen molar-refractivity contribution in [1.29, 1.82) is 0 Å². The molecule has 8 nitrogen and oxygen atoms in total. The van der Waals surface area contributed by atoms with Crippen molar-refractivity contribution in [3.8, 4) is 0 Å². The predicted octanol–water partition coefficient (Wildman–Crippen LogP) is 0.893. The van der Waals surface area contributed by atoms with Gasteiger partial charge in [0.2, 0.25) is 11.8 Å². The van der Waals surface area contributed by atoms with Gasteiger partial charge < -0.3 is 4.90 Å². The Hall–Kier alpha value is -3.03. The zero-order valence-electron chi connectivity index (χ0n) is 15.6. The molecule has 3 aliphatic heterocycles. The van der Waals surface area contributed by atoms with Crippen LogP contribution in [0.2, 0.25) is 0 Å². The summed E-state index contributed by atoms with van der Waals surface area (Å²) in [5.41, 5.74) is 1.38. The van der Waals surface area contributed by atoms with E-state index in [1.54, 1.807) is 25.1 Å². The largest absolute Gasteiger partial charge is 0.371 e. The summed E-state index contributed by atoms with van der Waals surface area (Å²) >= 11 is 0. The van der Waals surface area contributed by atoms with E-state index in [4.69, 9.17) is 0 Å². The molecule has 3 aliphatic rings. The second kappa shape index (κ2) is 6.85. The Bertz CT molecular complexity index is 901. The molecule has 28 heavy (non-hydrogen) atoms. The summed E-state index contributed by atoms with van der Waals surface area (Å²) in [4.78, 5) is 63.7. The molecule has 146 valence electrons. The molecular weight excluding hydrogens is 362 g/mol. The number of fused-ring (bicyclic) bond motifs is 1. The Morgan fingerprint density at radius 1 is 1.00 bits per heavy atom. The van der Waals surface area contributed by atoms with Gasteiger partial charge in [0.1, 0.15) is 11.8 Å². The monoisotopic (exact) mass is 383 g/mol. The van der Waals surface area contributed by atoms with Gasteiger partial charge in [0, 0.05) is 31.1 Å². The lowest BCUT2D eigenvalue weighted by molar-refractivity contribution is -0.136. The van der Waals surface area contributed by atoms with Crippen molar-refractivity contribution in [2.75, 3.05) is 18.0 Å². The minimum Gasteiger partial charge on any atom is -0.371 e. The van der Waals surface area contributed by atoms with Gasteiger partial charge in [0.15, 0.2) is 0 Å². The summed E-state index contributed by atoms with van der Waals surface area (Å²) in [6, 6.07) is 4.15. The first-order valence-corrected chi connectivity index (χ1v) is 9.48. The quantitative estimate of drug-likeness (QED) is 0.778. The smallest absolute Gasteiger partial charge is 0.262 e. The van der Waals surface area contributed by atoms with Gasteiger partial charge in [-0.25, -0.2) is 0 Å². The third-order valence-electron chi connectivity index (χ3n) is 5.86. The maximum absolute atomic E-state index is 12.9. The fourth-order valence-corrected chi connectivity index (χ4v) is 4.20. The molecule has 2 fully saturated rings.